The molecule has 0 bridgehead atoms. The zero-order valence-electron chi connectivity index (χ0n) is 19.3. The third kappa shape index (κ3) is 3.79. The largest absolute Gasteiger partial charge is 0.382 e. The van der Waals surface area contributed by atoms with Gasteiger partial charge in [-0.25, -0.2) is 15.0 Å². The third-order valence-corrected chi connectivity index (χ3v) is 7.15. The SMILES string of the molecule is NC(=O)C1CCC(c2nc(-c3ccc4ccc(-c5ccccc5)nc4c3)n3ccnc(N)c23)CC1. The molecule has 1 saturated carbocycles. The highest BCUT2D eigenvalue weighted by Crippen LogP contribution is 2.39. The number of rotatable bonds is 4. The van der Waals surface area contributed by atoms with Crippen molar-refractivity contribution < 1.29 is 4.79 Å². The Morgan fingerprint density at radius 2 is 1.69 bits per heavy atom. The van der Waals surface area contributed by atoms with Gasteiger partial charge in [0.15, 0.2) is 0 Å². The number of fused-ring (bicyclic) bond motifs is 2. The molecule has 0 radical (unpaired) electrons. The first-order valence-corrected chi connectivity index (χ1v) is 12.0. The Balaban J connectivity index is 1.44. The van der Waals surface area contributed by atoms with Gasteiger partial charge in [0, 0.05) is 40.7 Å². The fourth-order valence-corrected chi connectivity index (χ4v) is 5.26. The van der Waals surface area contributed by atoms with Gasteiger partial charge in [0.2, 0.25) is 5.91 Å². The number of carbonyl (C=O) groups is 1. The van der Waals surface area contributed by atoms with Crippen LogP contribution in [0.2, 0.25) is 0 Å². The smallest absolute Gasteiger partial charge is 0.220 e. The summed E-state index contributed by atoms with van der Waals surface area (Å²) in [6, 6.07) is 20.6. The first-order chi connectivity index (χ1) is 17.1. The molecule has 0 atom stereocenters. The van der Waals surface area contributed by atoms with E-state index < -0.39 is 0 Å². The van der Waals surface area contributed by atoms with E-state index in [1.54, 1.807) is 6.20 Å². The fourth-order valence-electron chi connectivity index (χ4n) is 5.26. The Labute approximate surface area is 202 Å². The van der Waals surface area contributed by atoms with Gasteiger partial charge in [-0.05, 0) is 37.8 Å². The lowest BCUT2D eigenvalue weighted by Crippen LogP contribution is -2.27. The van der Waals surface area contributed by atoms with Gasteiger partial charge in [0.1, 0.15) is 17.2 Å². The van der Waals surface area contributed by atoms with Crippen LogP contribution in [0.1, 0.15) is 37.3 Å². The van der Waals surface area contributed by atoms with E-state index in [-0.39, 0.29) is 17.7 Å². The molecule has 2 aromatic carbocycles. The van der Waals surface area contributed by atoms with E-state index in [4.69, 9.17) is 21.4 Å². The number of pyridine rings is 1. The highest BCUT2D eigenvalue weighted by Gasteiger charge is 2.29. The minimum atomic E-state index is -0.210. The molecular weight excluding hydrogens is 436 g/mol. The van der Waals surface area contributed by atoms with Gasteiger partial charge in [0.05, 0.1) is 16.9 Å². The predicted molar refractivity (Wildman–Crippen MR) is 137 cm³/mol. The molecule has 35 heavy (non-hydrogen) atoms. The second-order valence-electron chi connectivity index (χ2n) is 9.27. The zero-order chi connectivity index (χ0) is 23.9. The lowest BCUT2D eigenvalue weighted by molar-refractivity contribution is -0.122. The second kappa shape index (κ2) is 8.51. The Hall–Kier alpha value is -4.26. The number of benzene rings is 2. The van der Waals surface area contributed by atoms with Crippen LogP contribution < -0.4 is 11.5 Å². The van der Waals surface area contributed by atoms with E-state index >= 15 is 0 Å². The first kappa shape index (κ1) is 21.3. The van der Waals surface area contributed by atoms with Crippen molar-refractivity contribution in [3.63, 3.8) is 0 Å². The lowest BCUT2D eigenvalue weighted by Gasteiger charge is -2.25. The number of hydrogen-bond donors (Lipinski definition) is 2. The summed E-state index contributed by atoms with van der Waals surface area (Å²) >= 11 is 0. The number of anilines is 1. The van der Waals surface area contributed by atoms with Crippen LogP contribution in [-0.4, -0.2) is 25.3 Å². The van der Waals surface area contributed by atoms with Gasteiger partial charge in [0.25, 0.3) is 0 Å². The Morgan fingerprint density at radius 3 is 2.46 bits per heavy atom. The summed E-state index contributed by atoms with van der Waals surface area (Å²) in [5, 5.41) is 1.07. The minimum Gasteiger partial charge on any atom is -0.382 e. The van der Waals surface area contributed by atoms with Gasteiger partial charge >= 0.3 is 0 Å². The van der Waals surface area contributed by atoms with Crippen molar-refractivity contribution in [1.29, 1.82) is 0 Å². The molecule has 5 aromatic rings. The second-order valence-corrected chi connectivity index (χ2v) is 9.27. The Kier molecular flexibility index (Phi) is 5.17. The molecule has 4 N–H and O–H groups in total. The monoisotopic (exact) mass is 462 g/mol. The number of carbonyl (C=O) groups excluding carboxylic acids is 1. The predicted octanol–water partition coefficient (Wildman–Crippen LogP) is 4.95. The van der Waals surface area contributed by atoms with Gasteiger partial charge in [-0.1, -0.05) is 48.5 Å². The molecule has 3 heterocycles. The Morgan fingerprint density at radius 1 is 0.914 bits per heavy atom. The molecule has 0 aliphatic heterocycles. The highest BCUT2D eigenvalue weighted by molar-refractivity contribution is 5.86. The van der Waals surface area contributed by atoms with E-state index in [1.807, 2.05) is 28.8 Å². The molecule has 0 saturated heterocycles. The zero-order valence-corrected chi connectivity index (χ0v) is 19.3. The maximum atomic E-state index is 11.6. The number of aromatic nitrogens is 4. The normalized spacial score (nSPS) is 18.2. The summed E-state index contributed by atoms with van der Waals surface area (Å²) in [6.07, 6.45) is 6.87. The van der Waals surface area contributed by atoms with Crippen LogP contribution in [0.5, 0.6) is 0 Å². The molecule has 1 aliphatic carbocycles. The number of imidazole rings is 1. The average Bonchev–Trinajstić information content (AvgIpc) is 3.30. The van der Waals surface area contributed by atoms with Crippen molar-refractivity contribution in [1.82, 2.24) is 19.4 Å². The van der Waals surface area contributed by atoms with E-state index in [2.05, 4.69) is 47.4 Å². The quantitative estimate of drug-likeness (QED) is 0.392. The number of nitrogen functional groups attached to an aromatic ring is 1. The summed E-state index contributed by atoms with van der Waals surface area (Å²) in [7, 11) is 0. The van der Waals surface area contributed by atoms with Crippen LogP contribution in [-0.2, 0) is 4.79 Å². The fraction of sp³-hybridized carbons (Fsp3) is 0.214. The molecule has 174 valence electrons. The van der Waals surface area contributed by atoms with Crippen molar-refractivity contribution >= 4 is 28.1 Å². The van der Waals surface area contributed by atoms with Crippen LogP contribution in [0.4, 0.5) is 5.82 Å². The van der Waals surface area contributed by atoms with Crippen molar-refractivity contribution in [2.45, 2.75) is 31.6 Å². The van der Waals surface area contributed by atoms with Crippen LogP contribution in [0.3, 0.4) is 0 Å². The maximum Gasteiger partial charge on any atom is 0.220 e. The molecule has 7 nitrogen and oxygen atoms in total. The molecule has 1 fully saturated rings. The van der Waals surface area contributed by atoms with Gasteiger partial charge in [-0.3, -0.25) is 9.20 Å². The number of nitrogens with two attached hydrogens (primary N) is 2. The third-order valence-electron chi connectivity index (χ3n) is 7.15. The number of primary amides is 1. The maximum absolute atomic E-state index is 11.6. The summed E-state index contributed by atoms with van der Waals surface area (Å²) in [4.78, 5) is 26.0. The number of hydrogen-bond acceptors (Lipinski definition) is 5. The number of amides is 1. The highest BCUT2D eigenvalue weighted by atomic mass is 16.1. The van der Waals surface area contributed by atoms with Crippen molar-refractivity contribution in [2.75, 3.05) is 5.73 Å². The number of nitrogens with zero attached hydrogens (tertiary/aromatic N) is 4. The molecular formula is C28H26N6O. The molecule has 1 amide bonds. The van der Waals surface area contributed by atoms with E-state index in [0.29, 0.717) is 5.82 Å². The standard InChI is InChI=1S/C28H26N6O/c29-26-25-24(19-7-9-20(10-8-19)27(30)35)33-28(34(25)15-14-31-26)21-11-6-18-12-13-22(32-23(18)16-21)17-4-2-1-3-5-17/h1-6,11-16,19-20H,7-10H2,(H2,29,31)(H2,30,35). The summed E-state index contributed by atoms with van der Waals surface area (Å²) in [5.74, 6) is 1.22. The van der Waals surface area contributed by atoms with Gasteiger partial charge in [-0.2, -0.15) is 0 Å². The van der Waals surface area contributed by atoms with Crippen LogP contribution in [0.25, 0.3) is 39.1 Å². The summed E-state index contributed by atoms with van der Waals surface area (Å²) < 4.78 is 2.03. The minimum absolute atomic E-state index is 0.0551. The lowest BCUT2D eigenvalue weighted by atomic mass is 9.80. The van der Waals surface area contributed by atoms with Crippen molar-refractivity contribution in [2.24, 2.45) is 11.7 Å². The molecule has 3 aromatic heterocycles. The molecule has 6 rings (SSSR count). The van der Waals surface area contributed by atoms with Crippen LogP contribution in [0.15, 0.2) is 73.1 Å². The van der Waals surface area contributed by atoms with E-state index in [9.17, 15) is 4.79 Å². The summed E-state index contributed by atoms with van der Waals surface area (Å²) in [6.45, 7) is 0. The van der Waals surface area contributed by atoms with Crippen LogP contribution >= 0.6 is 0 Å². The molecule has 0 unspecified atom stereocenters. The van der Waals surface area contributed by atoms with Gasteiger partial charge < -0.3 is 11.5 Å². The van der Waals surface area contributed by atoms with Crippen molar-refractivity contribution in [3.05, 3.63) is 78.8 Å². The van der Waals surface area contributed by atoms with E-state index in [0.717, 1.165) is 70.4 Å². The van der Waals surface area contributed by atoms with Gasteiger partial charge in [-0.15, -0.1) is 0 Å². The van der Waals surface area contributed by atoms with E-state index in [1.165, 1.54) is 0 Å². The van der Waals surface area contributed by atoms with Crippen molar-refractivity contribution in [3.8, 4) is 22.6 Å². The Bertz CT molecular complexity index is 1550. The average molecular weight is 463 g/mol. The molecule has 7 heteroatoms. The molecule has 0 spiro atoms. The van der Waals surface area contributed by atoms with Crippen LogP contribution in [0, 0.1) is 5.92 Å². The summed E-state index contributed by atoms with van der Waals surface area (Å²) in [5.41, 5.74) is 17.6. The topological polar surface area (TPSA) is 112 Å². The molecule has 1 aliphatic rings. The first-order valence-electron chi connectivity index (χ1n) is 12.0.